The second kappa shape index (κ2) is 3.79. The smallest absolute Gasteiger partial charge is 0.350 e. The second-order valence-corrected chi connectivity index (χ2v) is 5.31. The maximum absolute atomic E-state index is 11.2. The molecule has 1 heterocycles. The van der Waals surface area contributed by atoms with Crippen LogP contribution >= 0.6 is 47.8 Å². The van der Waals surface area contributed by atoms with Crippen molar-refractivity contribution in [1.82, 2.24) is 0 Å². The fourth-order valence-corrected chi connectivity index (χ4v) is 2.80. The summed E-state index contributed by atoms with van der Waals surface area (Å²) in [5.41, 5.74) is 0.182. The molecule has 1 aromatic carbocycles. The number of fused-ring (bicyclic) bond motifs is 1. The van der Waals surface area contributed by atoms with Gasteiger partial charge < -0.3 is 4.42 Å². The summed E-state index contributed by atoms with van der Waals surface area (Å²) in [5, 5.41) is 0.859. The lowest BCUT2D eigenvalue weighted by Gasteiger charge is -2.00. The number of halogens is 3. The van der Waals surface area contributed by atoms with Gasteiger partial charge in [-0.2, -0.15) is 0 Å². The Bertz CT molecular complexity index is 560. The van der Waals surface area contributed by atoms with Gasteiger partial charge in [0.15, 0.2) is 5.58 Å². The third kappa shape index (κ3) is 1.81. The Labute approximate surface area is 105 Å². The first kappa shape index (κ1) is 10.4. The van der Waals surface area contributed by atoms with E-state index in [1.54, 1.807) is 6.07 Å². The van der Waals surface area contributed by atoms with Gasteiger partial charge in [-0.25, -0.2) is 4.79 Å². The maximum atomic E-state index is 11.2. The first-order valence-electron chi connectivity index (χ1n) is 3.66. The molecular formula is C9H3Br3O2. The van der Waals surface area contributed by atoms with Crippen LogP contribution in [0.4, 0.5) is 0 Å². The lowest BCUT2D eigenvalue weighted by Crippen LogP contribution is -1.98. The van der Waals surface area contributed by atoms with Crippen molar-refractivity contribution >= 4 is 58.8 Å². The molecule has 1 aromatic heterocycles. The fourth-order valence-electron chi connectivity index (χ4n) is 1.13. The van der Waals surface area contributed by atoms with Crippen molar-refractivity contribution in [3.63, 3.8) is 0 Å². The van der Waals surface area contributed by atoms with Crippen molar-refractivity contribution in [3.05, 3.63) is 42.0 Å². The van der Waals surface area contributed by atoms with Crippen LogP contribution in [0.2, 0.25) is 0 Å². The predicted molar refractivity (Wildman–Crippen MR) is 65.6 cm³/mol. The van der Waals surface area contributed by atoms with Crippen LogP contribution in [0.25, 0.3) is 11.0 Å². The Morgan fingerprint density at radius 2 is 1.71 bits per heavy atom. The fraction of sp³-hybridized carbons (Fsp3) is 0. The van der Waals surface area contributed by atoms with Gasteiger partial charge in [0.25, 0.3) is 0 Å². The molecule has 14 heavy (non-hydrogen) atoms. The third-order valence-electron chi connectivity index (χ3n) is 1.71. The van der Waals surface area contributed by atoms with E-state index in [2.05, 4.69) is 47.8 Å². The number of hydrogen-bond acceptors (Lipinski definition) is 2. The molecule has 0 saturated heterocycles. The van der Waals surface area contributed by atoms with E-state index in [9.17, 15) is 4.79 Å². The first-order valence-corrected chi connectivity index (χ1v) is 6.04. The van der Waals surface area contributed by atoms with Gasteiger partial charge in [-0.15, -0.1) is 0 Å². The van der Waals surface area contributed by atoms with Crippen LogP contribution < -0.4 is 5.63 Å². The van der Waals surface area contributed by atoms with Crippen LogP contribution in [-0.4, -0.2) is 0 Å². The van der Waals surface area contributed by atoms with Crippen LogP contribution in [0.5, 0.6) is 0 Å². The van der Waals surface area contributed by atoms with Gasteiger partial charge >= 0.3 is 5.63 Å². The number of hydrogen-bond donors (Lipinski definition) is 0. The minimum atomic E-state index is -0.375. The molecular weight excluding hydrogens is 380 g/mol. The quantitative estimate of drug-likeness (QED) is 0.643. The van der Waals surface area contributed by atoms with Crippen LogP contribution in [0.3, 0.4) is 0 Å². The van der Waals surface area contributed by atoms with Gasteiger partial charge in [0.2, 0.25) is 0 Å². The highest BCUT2D eigenvalue weighted by molar-refractivity contribution is 9.11. The molecule has 0 N–H and O–H groups in total. The lowest BCUT2D eigenvalue weighted by molar-refractivity contribution is 0.555. The summed E-state index contributed by atoms with van der Waals surface area (Å²) >= 11 is 9.82. The van der Waals surface area contributed by atoms with Gasteiger partial charge in [-0.3, -0.25) is 0 Å². The standard InChI is InChI=1S/C9H3Br3O2/c10-5-1-4-2-7(12)9(13)14-8(4)6(11)3-5/h1-3H. The van der Waals surface area contributed by atoms with E-state index in [1.807, 2.05) is 12.1 Å². The van der Waals surface area contributed by atoms with Crippen LogP contribution in [-0.2, 0) is 0 Å². The average Bonchev–Trinajstić information content (AvgIpc) is 2.08. The largest absolute Gasteiger partial charge is 0.421 e. The summed E-state index contributed by atoms with van der Waals surface area (Å²) in [4.78, 5) is 11.2. The van der Waals surface area contributed by atoms with Gasteiger partial charge in [-0.1, -0.05) is 15.9 Å². The summed E-state index contributed by atoms with van der Waals surface area (Å²) in [7, 11) is 0. The van der Waals surface area contributed by atoms with Crippen molar-refractivity contribution in [3.8, 4) is 0 Å². The van der Waals surface area contributed by atoms with Crippen molar-refractivity contribution in [1.29, 1.82) is 0 Å². The number of rotatable bonds is 0. The molecule has 0 spiro atoms. The van der Waals surface area contributed by atoms with E-state index in [0.29, 0.717) is 10.1 Å². The zero-order chi connectivity index (χ0) is 10.3. The normalized spacial score (nSPS) is 10.8. The Hall–Kier alpha value is -0.130. The first-order chi connectivity index (χ1) is 6.58. The van der Waals surface area contributed by atoms with Crippen LogP contribution in [0, 0.1) is 0 Å². The van der Waals surface area contributed by atoms with Crippen molar-refractivity contribution in [2.75, 3.05) is 0 Å². The summed E-state index contributed by atoms with van der Waals surface area (Å²) in [6.07, 6.45) is 0. The van der Waals surface area contributed by atoms with Crippen molar-refractivity contribution in [2.24, 2.45) is 0 Å². The van der Waals surface area contributed by atoms with Gasteiger partial charge in [0.1, 0.15) is 4.47 Å². The maximum Gasteiger partial charge on any atom is 0.350 e. The zero-order valence-electron chi connectivity index (χ0n) is 6.68. The van der Waals surface area contributed by atoms with E-state index in [-0.39, 0.29) is 5.63 Å². The summed E-state index contributed by atoms with van der Waals surface area (Å²) in [6, 6.07) is 5.45. The summed E-state index contributed by atoms with van der Waals surface area (Å²) < 4.78 is 7.22. The minimum absolute atomic E-state index is 0.375. The summed E-state index contributed by atoms with van der Waals surface area (Å²) in [5.74, 6) is 0. The summed E-state index contributed by atoms with van der Waals surface area (Å²) in [6.45, 7) is 0. The third-order valence-corrected chi connectivity index (χ3v) is 3.31. The minimum Gasteiger partial charge on any atom is -0.421 e. The molecule has 5 heteroatoms. The highest BCUT2D eigenvalue weighted by Crippen LogP contribution is 2.28. The predicted octanol–water partition coefficient (Wildman–Crippen LogP) is 4.08. The average molecular weight is 383 g/mol. The van der Waals surface area contributed by atoms with Crippen molar-refractivity contribution < 1.29 is 4.42 Å². The molecule has 0 fully saturated rings. The Kier molecular flexibility index (Phi) is 2.81. The molecule has 72 valence electrons. The van der Waals surface area contributed by atoms with Gasteiger partial charge in [0.05, 0.1) is 4.47 Å². The zero-order valence-corrected chi connectivity index (χ0v) is 11.4. The molecule has 0 aliphatic carbocycles. The van der Waals surface area contributed by atoms with E-state index < -0.39 is 0 Å². The van der Waals surface area contributed by atoms with E-state index in [4.69, 9.17) is 4.42 Å². The molecule has 2 aromatic rings. The Morgan fingerprint density at radius 3 is 2.43 bits per heavy atom. The van der Waals surface area contributed by atoms with Crippen LogP contribution in [0.15, 0.2) is 40.8 Å². The Balaban J connectivity index is 2.96. The molecule has 0 aliphatic heterocycles. The SMILES string of the molecule is O=c1oc2c(Br)cc(Br)cc2cc1Br. The molecule has 0 saturated carbocycles. The van der Waals surface area contributed by atoms with E-state index >= 15 is 0 Å². The molecule has 2 rings (SSSR count). The van der Waals surface area contributed by atoms with E-state index in [1.165, 1.54) is 0 Å². The van der Waals surface area contributed by atoms with Gasteiger partial charge in [-0.05, 0) is 50.1 Å². The molecule has 0 aliphatic rings. The molecule has 0 unspecified atom stereocenters. The topological polar surface area (TPSA) is 30.2 Å². The number of benzene rings is 1. The molecule has 0 atom stereocenters. The van der Waals surface area contributed by atoms with Crippen molar-refractivity contribution in [2.45, 2.75) is 0 Å². The van der Waals surface area contributed by atoms with Crippen LogP contribution in [0.1, 0.15) is 0 Å². The van der Waals surface area contributed by atoms with E-state index in [0.717, 1.165) is 14.3 Å². The second-order valence-electron chi connectivity index (χ2n) is 2.69. The molecule has 0 bridgehead atoms. The molecule has 2 nitrogen and oxygen atoms in total. The highest BCUT2D eigenvalue weighted by atomic mass is 79.9. The van der Waals surface area contributed by atoms with Gasteiger partial charge in [0, 0.05) is 9.86 Å². The monoisotopic (exact) mass is 380 g/mol. The lowest BCUT2D eigenvalue weighted by atomic mass is 10.2. The molecule has 0 radical (unpaired) electrons. The Morgan fingerprint density at radius 1 is 1.00 bits per heavy atom. The molecule has 0 amide bonds. The highest BCUT2D eigenvalue weighted by Gasteiger charge is 2.06.